The van der Waals surface area contributed by atoms with Crippen LogP contribution < -0.4 is 9.80 Å². The van der Waals surface area contributed by atoms with E-state index in [9.17, 15) is 0 Å². The van der Waals surface area contributed by atoms with E-state index in [1.54, 1.807) is 0 Å². The first kappa shape index (κ1) is 22.4. The van der Waals surface area contributed by atoms with Crippen molar-refractivity contribution < 1.29 is 0 Å². The van der Waals surface area contributed by atoms with Gasteiger partial charge in [-0.15, -0.1) is 0 Å². The van der Waals surface area contributed by atoms with Crippen LogP contribution in [0, 0.1) is 0 Å². The standard InChI is InChI=1S/C28H33N9/c1-32-13-9-30-27(32)23-7-11-33(21-23)15-16-36-12-8-22-5-6-25(31-28(22)36)34-17-19-35(20-18-34)26-4-2-3-24-29-10-14-37(24)26/h2-6,8-10,12-14,23H,7,11,15-21H2,1H3. The zero-order valence-corrected chi connectivity index (χ0v) is 21.3. The average molecular weight is 496 g/mol. The van der Waals surface area contributed by atoms with Gasteiger partial charge in [0.05, 0.1) is 0 Å². The third kappa shape index (κ3) is 4.13. The van der Waals surface area contributed by atoms with Gasteiger partial charge in [0.1, 0.15) is 28.8 Å². The van der Waals surface area contributed by atoms with Crippen molar-refractivity contribution in [2.45, 2.75) is 18.9 Å². The van der Waals surface area contributed by atoms with E-state index in [1.165, 1.54) is 23.4 Å². The topological polar surface area (TPSA) is 62.7 Å². The third-order valence-electron chi connectivity index (χ3n) is 8.08. The molecule has 7 rings (SSSR count). The van der Waals surface area contributed by atoms with Crippen LogP contribution in [0.25, 0.3) is 16.7 Å². The van der Waals surface area contributed by atoms with Crippen LogP contribution in [0.5, 0.6) is 0 Å². The van der Waals surface area contributed by atoms with Gasteiger partial charge in [0.15, 0.2) is 0 Å². The Hall–Kier alpha value is -3.85. The summed E-state index contributed by atoms with van der Waals surface area (Å²) in [6, 6.07) is 12.9. The molecule has 0 aliphatic carbocycles. The Morgan fingerprint density at radius 2 is 1.70 bits per heavy atom. The molecule has 0 radical (unpaired) electrons. The van der Waals surface area contributed by atoms with Crippen LogP contribution in [0.4, 0.5) is 11.6 Å². The molecule has 37 heavy (non-hydrogen) atoms. The first-order chi connectivity index (χ1) is 18.2. The van der Waals surface area contributed by atoms with Gasteiger partial charge in [0.2, 0.25) is 0 Å². The fraction of sp³-hybridized carbons (Fsp3) is 0.393. The summed E-state index contributed by atoms with van der Waals surface area (Å²) in [4.78, 5) is 21.6. The van der Waals surface area contributed by atoms with Gasteiger partial charge in [-0.3, -0.25) is 4.40 Å². The summed E-state index contributed by atoms with van der Waals surface area (Å²) in [5.41, 5.74) is 2.08. The molecule has 0 amide bonds. The molecule has 7 heterocycles. The van der Waals surface area contributed by atoms with Gasteiger partial charge in [-0.05, 0) is 43.3 Å². The van der Waals surface area contributed by atoms with E-state index < -0.39 is 0 Å². The molecule has 2 aliphatic heterocycles. The number of aryl methyl sites for hydroxylation is 1. The molecular formula is C28H33N9. The number of pyridine rings is 2. The number of hydrogen-bond donors (Lipinski definition) is 0. The molecule has 1 unspecified atom stereocenters. The van der Waals surface area contributed by atoms with Crippen LogP contribution >= 0.6 is 0 Å². The highest BCUT2D eigenvalue weighted by atomic mass is 15.3. The first-order valence-corrected chi connectivity index (χ1v) is 13.3. The van der Waals surface area contributed by atoms with E-state index in [0.29, 0.717) is 5.92 Å². The van der Waals surface area contributed by atoms with Crippen LogP contribution in [0.3, 0.4) is 0 Å². The predicted octanol–water partition coefficient (Wildman–Crippen LogP) is 3.23. The van der Waals surface area contributed by atoms with E-state index in [0.717, 1.165) is 69.5 Å². The minimum Gasteiger partial charge on any atom is -0.354 e. The van der Waals surface area contributed by atoms with Gasteiger partial charge in [-0.1, -0.05) is 6.07 Å². The summed E-state index contributed by atoms with van der Waals surface area (Å²) in [6.45, 7) is 8.03. The van der Waals surface area contributed by atoms with Gasteiger partial charge in [-0.2, -0.15) is 0 Å². The van der Waals surface area contributed by atoms with Crippen molar-refractivity contribution >= 4 is 28.3 Å². The Labute approximate surface area is 216 Å². The van der Waals surface area contributed by atoms with Crippen LogP contribution in [0.2, 0.25) is 0 Å². The number of piperazine rings is 1. The van der Waals surface area contributed by atoms with Crippen molar-refractivity contribution in [1.29, 1.82) is 0 Å². The first-order valence-electron chi connectivity index (χ1n) is 13.3. The lowest BCUT2D eigenvalue weighted by atomic mass is 10.1. The largest absolute Gasteiger partial charge is 0.354 e. The number of rotatable bonds is 6. The summed E-state index contributed by atoms with van der Waals surface area (Å²) in [5, 5.41) is 1.21. The zero-order valence-electron chi connectivity index (χ0n) is 21.3. The zero-order chi connectivity index (χ0) is 24.8. The SMILES string of the molecule is Cn1ccnc1C1CCN(CCn2ccc3ccc(N4CCN(c5cccc6nccn56)CC4)nc32)C1. The Kier molecular flexibility index (Phi) is 5.57. The van der Waals surface area contributed by atoms with Gasteiger partial charge in [0.25, 0.3) is 0 Å². The number of imidazole rings is 2. The summed E-state index contributed by atoms with van der Waals surface area (Å²) >= 11 is 0. The van der Waals surface area contributed by atoms with Crippen molar-refractivity contribution in [3.8, 4) is 0 Å². The second-order valence-electron chi connectivity index (χ2n) is 10.3. The number of nitrogens with zero attached hydrogens (tertiary/aromatic N) is 9. The number of hydrogen-bond acceptors (Lipinski definition) is 6. The summed E-state index contributed by atoms with van der Waals surface area (Å²) in [5.74, 6) is 4.02. The molecule has 2 aliphatic rings. The molecule has 1 atom stereocenters. The van der Waals surface area contributed by atoms with Crippen LogP contribution in [0.15, 0.2) is 67.4 Å². The lowest BCUT2D eigenvalue weighted by Gasteiger charge is -2.36. The molecule has 2 saturated heterocycles. The second-order valence-corrected chi connectivity index (χ2v) is 10.3. The molecule has 5 aromatic heterocycles. The van der Waals surface area contributed by atoms with Crippen molar-refractivity contribution in [3.63, 3.8) is 0 Å². The fourth-order valence-corrected chi connectivity index (χ4v) is 6.03. The third-order valence-corrected chi connectivity index (χ3v) is 8.08. The molecule has 0 aromatic carbocycles. The summed E-state index contributed by atoms with van der Waals surface area (Å²) in [6.07, 6.45) is 11.2. The smallest absolute Gasteiger partial charge is 0.142 e. The maximum absolute atomic E-state index is 5.13. The quantitative estimate of drug-likeness (QED) is 0.361. The fourth-order valence-electron chi connectivity index (χ4n) is 6.03. The van der Waals surface area contributed by atoms with Gasteiger partial charge >= 0.3 is 0 Å². The highest BCUT2D eigenvalue weighted by Crippen LogP contribution is 2.26. The van der Waals surface area contributed by atoms with Gasteiger partial charge in [-0.25, -0.2) is 15.0 Å². The number of anilines is 2. The Bertz CT molecular complexity index is 1520. The molecular weight excluding hydrogens is 462 g/mol. The van der Waals surface area contributed by atoms with Crippen LogP contribution in [0.1, 0.15) is 18.2 Å². The van der Waals surface area contributed by atoms with Crippen molar-refractivity contribution in [2.75, 3.05) is 55.6 Å². The number of likely N-dealkylation sites (tertiary alicyclic amines) is 1. The molecule has 0 saturated carbocycles. The Morgan fingerprint density at radius 3 is 2.57 bits per heavy atom. The molecule has 190 valence electrons. The second kappa shape index (κ2) is 9.23. The minimum atomic E-state index is 0.533. The number of fused-ring (bicyclic) bond motifs is 2. The maximum Gasteiger partial charge on any atom is 0.142 e. The summed E-state index contributed by atoms with van der Waals surface area (Å²) < 4.78 is 6.66. The van der Waals surface area contributed by atoms with Crippen molar-refractivity contribution in [2.24, 2.45) is 7.05 Å². The molecule has 0 bridgehead atoms. The Balaban J connectivity index is 1.01. The highest BCUT2D eigenvalue weighted by molar-refractivity contribution is 5.78. The summed E-state index contributed by atoms with van der Waals surface area (Å²) in [7, 11) is 2.10. The average Bonchev–Trinajstić information content (AvgIpc) is 3.74. The van der Waals surface area contributed by atoms with E-state index in [2.05, 4.69) is 87.8 Å². The normalized spacial score (nSPS) is 19.0. The molecule has 5 aromatic rings. The van der Waals surface area contributed by atoms with Crippen LogP contribution in [-0.2, 0) is 13.6 Å². The predicted molar refractivity (Wildman–Crippen MR) is 146 cm³/mol. The monoisotopic (exact) mass is 495 g/mol. The van der Waals surface area contributed by atoms with Gasteiger partial charge in [0, 0.05) is 95.1 Å². The lowest BCUT2D eigenvalue weighted by Crippen LogP contribution is -2.47. The van der Waals surface area contributed by atoms with Crippen LogP contribution in [-0.4, -0.2) is 79.2 Å². The van der Waals surface area contributed by atoms with E-state index >= 15 is 0 Å². The lowest BCUT2D eigenvalue weighted by molar-refractivity contribution is 0.318. The van der Waals surface area contributed by atoms with E-state index in [4.69, 9.17) is 4.98 Å². The molecule has 0 N–H and O–H groups in total. The minimum absolute atomic E-state index is 0.533. The van der Waals surface area contributed by atoms with Gasteiger partial charge < -0.3 is 23.8 Å². The maximum atomic E-state index is 5.13. The molecule has 9 heteroatoms. The van der Waals surface area contributed by atoms with Crippen molar-refractivity contribution in [1.82, 2.24) is 33.4 Å². The number of aromatic nitrogens is 6. The van der Waals surface area contributed by atoms with E-state index in [1.807, 2.05) is 24.8 Å². The van der Waals surface area contributed by atoms with E-state index in [-0.39, 0.29) is 0 Å². The Morgan fingerprint density at radius 1 is 0.838 bits per heavy atom. The van der Waals surface area contributed by atoms with Crippen molar-refractivity contribution in [3.05, 3.63) is 73.2 Å². The molecule has 2 fully saturated rings. The molecule has 0 spiro atoms. The molecule has 9 nitrogen and oxygen atoms in total. The highest BCUT2D eigenvalue weighted by Gasteiger charge is 2.26.